The Morgan fingerprint density at radius 2 is 1.77 bits per heavy atom. The van der Waals surface area contributed by atoms with Crippen LogP contribution in [0.2, 0.25) is 0 Å². The third-order valence-electron chi connectivity index (χ3n) is 3.98. The number of hydrogen-bond donors (Lipinski definition) is 1. The van der Waals surface area contributed by atoms with Crippen molar-refractivity contribution in [1.82, 2.24) is 18.9 Å². The van der Waals surface area contributed by atoms with E-state index in [1.54, 1.807) is 44.2 Å². The molecule has 8 nitrogen and oxygen atoms in total. The average molecular weight is 373 g/mol. The van der Waals surface area contributed by atoms with Crippen LogP contribution in [0.3, 0.4) is 0 Å². The summed E-state index contributed by atoms with van der Waals surface area (Å²) in [6.07, 6.45) is 1.42. The van der Waals surface area contributed by atoms with Gasteiger partial charge < -0.3 is 0 Å². The van der Waals surface area contributed by atoms with Crippen LogP contribution < -0.4 is 5.32 Å². The number of sulfonamides is 1. The highest BCUT2D eigenvalue weighted by molar-refractivity contribution is 7.89. The Morgan fingerprint density at radius 3 is 2.42 bits per heavy atom. The number of carbonyl (C=O) groups is 1. The predicted molar refractivity (Wildman–Crippen MR) is 97.5 cm³/mol. The molecule has 0 unspecified atom stereocenters. The van der Waals surface area contributed by atoms with Crippen molar-refractivity contribution in [2.24, 2.45) is 0 Å². The Balaban J connectivity index is 1.98. The van der Waals surface area contributed by atoms with E-state index in [0.29, 0.717) is 24.3 Å². The average Bonchev–Trinajstić information content (AvgIpc) is 3.05. The fraction of sp³-hybridized carbons (Fsp3) is 0.235. The van der Waals surface area contributed by atoms with E-state index in [1.165, 1.54) is 21.0 Å². The molecule has 136 valence electrons. The third-order valence-corrected chi connectivity index (χ3v) is 6.01. The zero-order valence-corrected chi connectivity index (χ0v) is 15.3. The molecular weight excluding hydrogens is 354 g/mol. The second-order valence-electron chi connectivity index (χ2n) is 5.53. The van der Waals surface area contributed by atoms with Crippen LogP contribution >= 0.6 is 0 Å². The van der Waals surface area contributed by atoms with E-state index < -0.39 is 10.0 Å². The van der Waals surface area contributed by atoms with Crippen LogP contribution in [-0.2, 0) is 10.0 Å². The second-order valence-corrected chi connectivity index (χ2v) is 7.46. The number of amides is 1. The summed E-state index contributed by atoms with van der Waals surface area (Å²) in [4.78, 5) is 12.4. The molecule has 2 heterocycles. The van der Waals surface area contributed by atoms with E-state index >= 15 is 0 Å². The van der Waals surface area contributed by atoms with Crippen LogP contribution in [0.15, 0.2) is 53.6 Å². The van der Waals surface area contributed by atoms with Crippen LogP contribution in [0.1, 0.15) is 24.2 Å². The maximum Gasteiger partial charge on any atom is 0.258 e. The fourth-order valence-corrected chi connectivity index (χ4v) is 4.04. The maximum atomic E-state index is 12.7. The molecule has 0 saturated carbocycles. The molecule has 0 bridgehead atoms. The van der Waals surface area contributed by atoms with E-state index in [0.717, 1.165) is 0 Å². The van der Waals surface area contributed by atoms with Gasteiger partial charge in [-0.05, 0) is 24.3 Å². The number of aromatic nitrogens is 3. The standard InChI is InChI=1S/C17H19N5O3S/c1-3-21(4-2)26(24,25)14-10-11-15-19-20-17(22(15)12-14)18-16(23)13-8-6-5-7-9-13/h5-12H,3-4H2,1-2H3,(H,18,20,23). The first-order chi connectivity index (χ1) is 12.5. The second kappa shape index (κ2) is 7.22. The minimum atomic E-state index is -3.62. The van der Waals surface area contributed by atoms with Crippen molar-refractivity contribution in [3.63, 3.8) is 0 Å². The lowest BCUT2D eigenvalue weighted by molar-refractivity contribution is 0.102. The first-order valence-corrected chi connectivity index (χ1v) is 9.62. The SMILES string of the molecule is CCN(CC)S(=O)(=O)c1ccc2nnc(NC(=O)c3ccccc3)n2c1. The van der Waals surface area contributed by atoms with Crippen molar-refractivity contribution in [1.29, 1.82) is 0 Å². The Bertz CT molecular complexity index is 1030. The number of carbonyl (C=O) groups excluding carboxylic acids is 1. The molecule has 0 saturated heterocycles. The van der Waals surface area contributed by atoms with Crippen LogP contribution in [-0.4, -0.2) is 46.3 Å². The summed E-state index contributed by atoms with van der Waals surface area (Å²) in [5.74, 6) is -0.192. The van der Waals surface area contributed by atoms with E-state index in [4.69, 9.17) is 0 Å². The van der Waals surface area contributed by atoms with Gasteiger partial charge in [-0.25, -0.2) is 8.42 Å². The lowest BCUT2D eigenvalue weighted by Gasteiger charge is -2.18. The molecule has 1 aromatic carbocycles. The minimum absolute atomic E-state index is 0.115. The third kappa shape index (κ3) is 3.31. The molecule has 1 amide bonds. The lowest BCUT2D eigenvalue weighted by Crippen LogP contribution is -2.30. The number of pyridine rings is 1. The number of rotatable bonds is 6. The molecule has 26 heavy (non-hydrogen) atoms. The molecule has 0 radical (unpaired) electrons. The molecule has 0 aliphatic rings. The molecule has 0 spiro atoms. The minimum Gasteiger partial charge on any atom is -0.290 e. The molecular formula is C17H19N5O3S. The van der Waals surface area contributed by atoms with Gasteiger partial charge in [0.25, 0.3) is 5.91 Å². The summed E-state index contributed by atoms with van der Waals surface area (Å²) in [7, 11) is -3.62. The molecule has 0 fully saturated rings. The molecule has 2 aromatic heterocycles. The Hall–Kier alpha value is -2.78. The summed E-state index contributed by atoms with van der Waals surface area (Å²) in [5.41, 5.74) is 0.906. The smallest absolute Gasteiger partial charge is 0.258 e. The fourth-order valence-electron chi connectivity index (χ4n) is 2.58. The number of anilines is 1. The molecule has 3 aromatic rings. The largest absolute Gasteiger partial charge is 0.290 e. The van der Waals surface area contributed by atoms with Crippen LogP contribution in [0.4, 0.5) is 5.95 Å². The summed E-state index contributed by atoms with van der Waals surface area (Å²) in [6.45, 7) is 4.31. The van der Waals surface area contributed by atoms with Crippen molar-refractivity contribution < 1.29 is 13.2 Å². The highest BCUT2D eigenvalue weighted by atomic mass is 32.2. The molecule has 0 atom stereocenters. The van der Waals surface area contributed by atoms with Gasteiger partial charge in [0, 0.05) is 24.8 Å². The number of nitrogens with zero attached hydrogens (tertiary/aromatic N) is 4. The normalized spacial score (nSPS) is 11.8. The van der Waals surface area contributed by atoms with E-state index in [9.17, 15) is 13.2 Å². The van der Waals surface area contributed by atoms with E-state index in [2.05, 4.69) is 15.5 Å². The number of hydrogen-bond acceptors (Lipinski definition) is 5. The van der Waals surface area contributed by atoms with Crippen molar-refractivity contribution in [3.8, 4) is 0 Å². The monoisotopic (exact) mass is 373 g/mol. The van der Waals surface area contributed by atoms with Crippen molar-refractivity contribution in [2.45, 2.75) is 18.7 Å². The van der Waals surface area contributed by atoms with Crippen molar-refractivity contribution >= 4 is 27.5 Å². The van der Waals surface area contributed by atoms with Crippen LogP contribution in [0, 0.1) is 0 Å². The topological polar surface area (TPSA) is 96.7 Å². The first-order valence-electron chi connectivity index (χ1n) is 8.18. The predicted octanol–water partition coefficient (Wildman–Crippen LogP) is 2.01. The van der Waals surface area contributed by atoms with Gasteiger partial charge in [0.15, 0.2) is 5.65 Å². The molecule has 0 aliphatic carbocycles. The molecule has 3 rings (SSSR count). The Labute approximate surface area is 151 Å². The van der Waals surface area contributed by atoms with Crippen molar-refractivity contribution in [2.75, 3.05) is 18.4 Å². The summed E-state index contributed by atoms with van der Waals surface area (Å²) < 4.78 is 28.2. The molecule has 0 aliphatic heterocycles. The van der Waals surface area contributed by atoms with Gasteiger partial charge in [0.05, 0.1) is 4.90 Å². The van der Waals surface area contributed by atoms with Gasteiger partial charge >= 0.3 is 0 Å². The first kappa shape index (κ1) is 18.0. The summed E-state index contributed by atoms with van der Waals surface area (Å²) >= 11 is 0. The maximum absolute atomic E-state index is 12.7. The van der Waals surface area contributed by atoms with E-state index in [1.807, 2.05) is 6.07 Å². The number of benzene rings is 1. The lowest BCUT2D eigenvalue weighted by atomic mass is 10.2. The number of nitrogens with one attached hydrogen (secondary N) is 1. The van der Waals surface area contributed by atoms with Gasteiger partial charge in [-0.2, -0.15) is 4.31 Å². The quantitative estimate of drug-likeness (QED) is 0.713. The molecule has 9 heteroatoms. The highest BCUT2D eigenvalue weighted by Crippen LogP contribution is 2.18. The van der Waals surface area contributed by atoms with Gasteiger partial charge in [-0.1, -0.05) is 32.0 Å². The highest BCUT2D eigenvalue weighted by Gasteiger charge is 2.23. The molecule has 1 N–H and O–H groups in total. The van der Waals surface area contributed by atoms with E-state index in [-0.39, 0.29) is 16.8 Å². The zero-order valence-electron chi connectivity index (χ0n) is 14.5. The van der Waals surface area contributed by atoms with Gasteiger partial charge in [0.2, 0.25) is 16.0 Å². The Kier molecular flexibility index (Phi) is 5.01. The van der Waals surface area contributed by atoms with Crippen LogP contribution in [0.5, 0.6) is 0 Å². The summed E-state index contributed by atoms with van der Waals surface area (Å²) in [6, 6.07) is 11.7. The summed E-state index contributed by atoms with van der Waals surface area (Å²) in [5, 5.41) is 10.6. The van der Waals surface area contributed by atoms with Crippen LogP contribution in [0.25, 0.3) is 5.65 Å². The zero-order chi connectivity index (χ0) is 18.7. The van der Waals surface area contributed by atoms with Gasteiger partial charge in [-0.15, -0.1) is 10.2 Å². The van der Waals surface area contributed by atoms with Gasteiger partial charge in [0.1, 0.15) is 0 Å². The van der Waals surface area contributed by atoms with Gasteiger partial charge in [-0.3, -0.25) is 14.5 Å². The van der Waals surface area contributed by atoms with Crippen molar-refractivity contribution in [3.05, 3.63) is 54.2 Å². The number of fused-ring (bicyclic) bond motifs is 1. The Morgan fingerprint density at radius 1 is 1.08 bits per heavy atom.